The van der Waals surface area contributed by atoms with Crippen molar-refractivity contribution in [2.45, 2.75) is 6.10 Å². The number of epoxide rings is 1. The standard InChI is InChI=1S/C9H9Cl5N3O3P3/c10-21(11)15-22(12,13)17-23(14,16-21)20-8-3-1-7(2-4-8)18-5-9-6-19-9/h1-4,9H,5-6H2. The summed E-state index contributed by atoms with van der Waals surface area (Å²) in [6, 6.07) is 6.77. The van der Waals surface area contributed by atoms with Gasteiger partial charge in [0.25, 0.3) is 11.8 Å². The number of nitrogens with zero attached hydrogens (tertiary/aromatic N) is 3. The van der Waals surface area contributed by atoms with Gasteiger partial charge in [-0.05, 0) is 80.5 Å². The molecule has 6 nitrogen and oxygen atoms in total. The molecule has 0 spiro atoms. The molecule has 23 heavy (non-hydrogen) atoms. The Morgan fingerprint density at radius 1 is 0.957 bits per heavy atom. The summed E-state index contributed by atoms with van der Waals surface area (Å²) in [5.74, 6) is -5.11. The normalized spacial score (nSPS) is 30.4. The summed E-state index contributed by atoms with van der Waals surface area (Å²) in [7, 11) is 0. The number of ether oxygens (including phenoxy) is 2. The first-order valence-electron chi connectivity index (χ1n) is 6.09. The molecule has 0 amide bonds. The minimum Gasteiger partial charge on any atom is -0.491 e. The molecule has 2 heterocycles. The summed E-state index contributed by atoms with van der Waals surface area (Å²) < 4.78 is 28.0. The van der Waals surface area contributed by atoms with Crippen molar-refractivity contribution in [2.75, 3.05) is 13.2 Å². The van der Waals surface area contributed by atoms with E-state index >= 15 is 0 Å². The molecule has 1 fully saturated rings. The van der Waals surface area contributed by atoms with Gasteiger partial charge in [-0.25, -0.2) is 0 Å². The van der Waals surface area contributed by atoms with Crippen LogP contribution in [0.5, 0.6) is 11.5 Å². The molecular weight excluding hydrogens is 468 g/mol. The molecule has 1 aromatic rings. The fourth-order valence-corrected chi connectivity index (χ4v) is 18.1. The smallest absolute Gasteiger partial charge is 0.350 e. The number of hydrogen-bond donors (Lipinski definition) is 0. The van der Waals surface area contributed by atoms with Crippen molar-refractivity contribution in [3.63, 3.8) is 0 Å². The fourth-order valence-electron chi connectivity index (χ4n) is 1.57. The van der Waals surface area contributed by atoms with E-state index in [-0.39, 0.29) is 6.10 Å². The molecule has 128 valence electrons. The maximum atomic E-state index is 6.29. The van der Waals surface area contributed by atoms with Gasteiger partial charge in [0.05, 0.1) is 6.61 Å². The van der Waals surface area contributed by atoms with Crippen molar-refractivity contribution < 1.29 is 14.0 Å². The first-order chi connectivity index (χ1) is 10.6. The van der Waals surface area contributed by atoms with Gasteiger partial charge in [-0.2, -0.15) is 13.5 Å². The van der Waals surface area contributed by atoms with Gasteiger partial charge in [0.1, 0.15) is 24.2 Å². The maximum absolute atomic E-state index is 6.29. The Labute approximate surface area is 157 Å². The third-order valence-electron chi connectivity index (χ3n) is 2.53. The quantitative estimate of drug-likeness (QED) is 0.320. The van der Waals surface area contributed by atoms with Crippen LogP contribution in [-0.4, -0.2) is 19.3 Å². The highest BCUT2D eigenvalue weighted by Crippen LogP contribution is 2.86. The minimum absolute atomic E-state index is 0.181. The first-order valence-corrected chi connectivity index (χ1v) is 15.6. The highest BCUT2D eigenvalue weighted by molar-refractivity contribution is 8.22. The van der Waals surface area contributed by atoms with Crippen molar-refractivity contribution in [3.8, 4) is 11.5 Å². The molecular formula is C9H9Cl5N3O3P3. The first kappa shape index (κ1) is 18.7. The SMILES string of the molecule is ClP1(Cl)=NP(Cl)(Cl)=NP(Cl)(Oc2ccc(OCC3CO3)cc2)=N1. The van der Waals surface area contributed by atoms with E-state index in [4.69, 9.17) is 70.2 Å². The van der Waals surface area contributed by atoms with E-state index in [0.29, 0.717) is 18.1 Å². The predicted molar refractivity (Wildman–Crippen MR) is 99.6 cm³/mol. The van der Waals surface area contributed by atoms with Gasteiger partial charge in [-0.1, -0.05) is 0 Å². The van der Waals surface area contributed by atoms with E-state index < -0.39 is 18.6 Å². The Morgan fingerprint density at radius 2 is 1.52 bits per heavy atom. The Morgan fingerprint density at radius 3 is 2.09 bits per heavy atom. The van der Waals surface area contributed by atoms with Crippen LogP contribution in [0.25, 0.3) is 0 Å². The Balaban J connectivity index is 1.77. The molecule has 2 unspecified atom stereocenters. The van der Waals surface area contributed by atoms with Crippen molar-refractivity contribution in [2.24, 2.45) is 13.5 Å². The van der Waals surface area contributed by atoms with Crippen molar-refractivity contribution in [3.05, 3.63) is 24.3 Å². The lowest BCUT2D eigenvalue weighted by atomic mass is 10.3. The van der Waals surface area contributed by atoms with E-state index in [0.717, 1.165) is 6.61 Å². The maximum Gasteiger partial charge on any atom is 0.350 e. The molecule has 0 bridgehead atoms. The average molecular weight is 477 g/mol. The number of halogens is 5. The predicted octanol–water partition coefficient (Wildman–Crippen LogP) is 7.89. The highest BCUT2D eigenvalue weighted by atomic mass is 35.9. The van der Waals surface area contributed by atoms with Crippen LogP contribution in [-0.2, 0) is 4.74 Å². The van der Waals surface area contributed by atoms with E-state index in [9.17, 15) is 0 Å². The lowest BCUT2D eigenvalue weighted by Crippen LogP contribution is -2.03. The molecule has 0 aromatic heterocycles. The zero-order valence-corrected chi connectivity index (χ0v) is 17.6. The van der Waals surface area contributed by atoms with Gasteiger partial charge in [0.2, 0.25) is 0 Å². The Bertz CT molecular complexity index is 763. The van der Waals surface area contributed by atoms with E-state index in [2.05, 4.69) is 13.5 Å². The molecule has 2 aliphatic heterocycles. The number of benzene rings is 1. The second-order valence-corrected chi connectivity index (χ2v) is 17.6. The topological polar surface area (TPSA) is 68.1 Å². The van der Waals surface area contributed by atoms with Gasteiger partial charge in [0.15, 0.2) is 0 Å². The summed E-state index contributed by atoms with van der Waals surface area (Å²) in [5, 5.41) is 0. The molecule has 3 rings (SSSR count). The molecule has 14 heteroatoms. The van der Waals surface area contributed by atoms with Gasteiger partial charge >= 0.3 is 6.78 Å². The zero-order chi connectivity index (χ0) is 16.7. The van der Waals surface area contributed by atoms with Crippen LogP contribution in [0.1, 0.15) is 0 Å². The number of hydrogen-bond acceptors (Lipinski definition) is 6. The summed E-state index contributed by atoms with van der Waals surface area (Å²) in [4.78, 5) is 0. The van der Waals surface area contributed by atoms with Crippen molar-refractivity contribution in [1.29, 1.82) is 0 Å². The minimum atomic E-state index is -3.23. The molecule has 0 N–H and O–H groups in total. The molecule has 0 radical (unpaired) electrons. The average Bonchev–Trinajstić information content (AvgIpc) is 3.17. The van der Waals surface area contributed by atoms with E-state index in [1.165, 1.54) is 0 Å². The second kappa shape index (κ2) is 6.91. The van der Waals surface area contributed by atoms with Gasteiger partial charge < -0.3 is 14.0 Å². The van der Waals surface area contributed by atoms with Crippen LogP contribution >= 0.6 is 74.8 Å². The largest absolute Gasteiger partial charge is 0.491 e. The van der Waals surface area contributed by atoms with Crippen LogP contribution in [0.2, 0.25) is 0 Å². The second-order valence-electron chi connectivity index (χ2n) is 4.48. The fraction of sp³-hybridized carbons (Fsp3) is 0.333. The van der Waals surface area contributed by atoms with E-state index in [1.807, 2.05) is 0 Å². The third kappa shape index (κ3) is 5.71. The summed E-state index contributed by atoms with van der Waals surface area (Å²) >= 11 is 30.2. The Kier molecular flexibility index (Phi) is 5.62. The summed E-state index contributed by atoms with van der Waals surface area (Å²) in [6.45, 7) is -1.98. The highest BCUT2D eigenvalue weighted by Gasteiger charge is 2.34. The van der Waals surface area contributed by atoms with Gasteiger partial charge in [-0.3, -0.25) is 0 Å². The lowest BCUT2D eigenvalue weighted by Gasteiger charge is -2.21. The summed E-state index contributed by atoms with van der Waals surface area (Å²) in [6.07, 6.45) is 0.181. The third-order valence-corrected chi connectivity index (χ3v) is 14.5. The van der Waals surface area contributed by atoms with Gasteiger partial charge in [0, 0.05) is 0 Å². The van der Waals surface area contributed by atoms with Crippen LogP contribution in [0, 0.1) is 0 Å². The van der Waals surface area contributed by atoms with E-state index in [1.54, 1.807) is 24.3 Å². The zero-order valence-electron chi connectivity index (χ0n) is 11.1. The van der Waals surface area contributed by atoms with Crippen LogP contribution in [0.3, 0.4) is 0 Å². The summed E-state index contributed by atoms with van der Waals surface area (Å²) in [5.41, 5.74) is 0. The van der Waals surface area contributed by atoms with Crippen LogP contribution < -0.4 is 9.26 Å². The Hall–Kier alpha value is 0.920. The lowest BCUT2D eigenvalue weighted by molar-refractivity contribution is 0.263. The molecule has 1 saturated heterocycles. The molecule has 1 aromatic carbocycles. The molecule has 2 atom stereocenters. The van der Waals surface area contributed by atoms with Gasteiger partial charge in [-0.15, -0.1) is 0 Å². The molecule has 2 aliphatic rings. The molecule has 0 saturated carbocycles. The van der Waals surface area contributed by atoms with Crippen molar-refractivity contribution >= 4 is 74.8 Å². The number of rotatable bonds is 5. The monoisotopic (exact) mass is 475 g/mol. The van der Waals surface area contributed by atoms with Crippen LogP contribution in [0.15, 0.2) is 37.8 Å². The van der Waals surface area contributed by atoms with Crippen molar-refractivity contribution in [1.82, 2.24) is 0 Å². The molecule has 0 aliphatic carbocycles. The van der Waals surface area contributed by atoms with Crippen LogP contribution in [0.4, 0.5) is 0 Å².